The maximum atomic E-state index is 12.7. The van der Waals surface area contributed by atoms with Gasteiger partial charge in [0.25, 0.3) is 5.91 Å². The zero-order chi connectivity index (χ0) is 18.3. The molecule has 0 atom stereocenters. The molecule has 1 amide bonds. The van der Waals surface area contributed by atoms with Crippen LogP contribution in [-0.4, -0.2) is 25.6 Å². The van der Waals surface area contributed by atoms with Crippen molar-refractivity contribution in [3.05, 3.63) is 65.0 Å². The summed E-state index contributed by atoms with van der Waals surface area (Å²) in [6.45, 7) is 1.66. The molecule has 0 aliphatic carbocycles. The van der Waals surface area contributed by atoms with E-state index in [1.165, 1.54) is 16.6 Å². The average Bonchev–Trinajstić information content (AvgIpc) is 3.13. The first-order valence-corrected chi connectivity index (χ1v) is 8.12. The highest BCUT2D eigenvalue weighted by molar-refractivity contribution is 6.33. The Morgan fingerprint density at radius 1 is 1.19 bits per heavy atom. The number of nitrogens with one attached hydrogen (secondary N) is 1. The van der Waals surface area contributed by atoms with Gasteiger partial charge in [-0.25, -0.2) is 0 Å². The summed E-state index contributed by atoms with van der Waals surface area (Å²) < 4.78 is 6.92. The number of aromatic hydroxyl groups is 1. The lowest BCUT2D eigenvalue weighted by molar-refractivity contribution is 0.101. The van der Waals surface area contributed by atoms with Gasteiger partial charge in [-0.3, -0.25) is 4.79 Å². The summed E-state index contributed by atoms with van der Waals surface area (Å²) in [6, 6.07) is 13.3. The summed E-state index contributed by atoms with van der Waals surface area (Å²) in [6.07, 6.45) is 0. The first-order chi connectivity index (χ1) is 12.5. The van der Waals surface area contributed by atoms with E-state index in [0.29, 0.717) is 27.9 Å². The van der Waals surface area contributed by atoms with Crippen molar-refractivity contribution < 1.29 is 14.3 Å². The normalized spacial score (nSPS) is 11.0. The molecule has 4 rings (SSSR count). The van der Waals surface area contributed by atoms with Crippen LogP contribution in [0.15, 0.2) is 52.9 Å². The summed E-state index contributed by atoms with van der Waals surface area (Å²) in [5.74, 6) is 0.677. The molecule has 0 fully saturated rings. The first-order valence-electron chi connectivity index (χ1n) is 7.74. The molecule has 2 aromatic carbocycles. The van der Waals surface area contributed by atoms with Gasteiger partial charge in [0.1, 0.15) is 11.5 Å². The van der Waals surface area contributed by atoms with Crippen molar-refractivity contribution in [3.8, 4) is 17.1 Å². The minimum atomic E-state index is -0.400. The molecule has 4 aromatic rings. The lowest BCUT2D eigenvalue weighted by atomic mass is 10.2. The van der Waals surface area contributed by atoms with Crippen molar-refractivity contribution in [2.45, 2.75) is 6.92 Å². The number of nitrogens with zero attached hydrogens (tertiary/aromatic N) is 3. The maximum Gasteiger partial charge on any atom is 0.325 e. The standard InChI is InChI=1S/C18H13ClN4O3/c1-10-15(17(25)20-11-6-8-12(24)9-7-11)23-18(26-10)21-16(22-23)13-4-2-3-5-14(13)19/h2-9,24H,1H3,(H,20,25). The molecule has 26 heavy (non-hydrogen) atoms. The van der Waals surface area contributed by atoms with E-state index < -0.39 is 5.91 Å². The third-order valence-corrected chi connectivity index (χ3v) is 4.15. The van der Waals surface area contributed by atoms with Gasteiger partial charge < -0.3 is 14.8 Å². The Balaban J connectivity index is 1.73. The van der Waals surface area contributed by atoms with Crippen LogP contribution in [0.4, 0.5) is 5.69 Å². The summed E-state index contributed by atoms with van der Waals surface area (Å²) in [7, 11) is 0. The zero-order valence-electron chi connectivity index (χ0n) is 13.6. The number of rotatable bonds is 3. The monoisotopic (exact) mass is 368 g/mol. The largest absolute Gasteiger partial charge is 0.508 e. The number of amides is 1. The number of halogens is 1. The van der Waals surface area contributed by atoms with E-state index in [1.807, 2.05) is 12.1 Å². The van der Waals surface area contributed by atoms with Gasteiger partial charge in [-0.2, -0.15) is 9.50 Å². The summed E-state index contributed by atoms with van der Waals surface area (Å²) >= 11 is 6.19. The Kier molecular flexibility index (Phi) is 3.85. The van der Waals surface area contributed by atoms with Crippen LogP contribution in [0, 0.1) is 6.92 Å². The van der Waals surface area contributed by atoms with Gasteiger partial charge in [0.05, 0.1) is 5.02 Å². The Bertz CT molecular complexity index is 1120. The predicted octanol–water partition coefficient (Wildman–Crippen LogP) is 3.91. The van der Waals surface area contributed by atoms with Crippen LogP contribution in [0.25, 0.3) is 17.2 Å². The number of anilines is 1. The second kappa shape index (κ2) is 6.20. The second-order valence-electron chi connectivity index (χ2n) is 5.62. The van der Waals surface area contributed by atoms with E-state index in [1.54, 1.807) is 31.2 Å². The summed E-state index contributed by atoms with van der Waals surface area (Å²) in [5.41, 5.74) is 1.42. The van der Waals surface area contributed by atoms with Crippen LogP contribution in [0.2, 0.25) is 5.02 Å². The molecule has 0 spiro atoms. The summed E-state index contributed by atoms with van der Waals surface area (Å²) in [5, 5.41) is 16.9. The van der Waals surface area contributed by atoms with Gasteiger partial charge in [0.2, 0.25) is 0 Å². The maximum absolute atomic E-state index is 12.7. The highest BCUT2D eigenvalue weighted by atomic mass is 35.5. The quantitative estimate of drug-likeness (QED) is 0.535. The van der Waals surface area contributed by atoms with Gasteiger partial charge in [0, 0.05) is 11.3 Å². The van der Waals surface area contributed by atoms with Crippen molar-refractivity contribution in [2.24, 2.45) is 0 Å². The number of hydrogen-bond acceptors (Lipinski definition) is 5. The molecule has 7 nitrogen and oxygen atoms in total. The molecule has 0 aliphatic heterocycles. The number of carbonyl (C=O) groups is 1. The predicted molar refractivity (Wildman–Crippen MR) is 96.5 cm³/mol. The Morgan fingerprint density at radius 2 is 1.92 bits per heavy atom. The Labute approximate surface area is 152 Å². The number of carbonyl (C=O) groups excluding carboxylic acids is 1. The number of phenols is 1. The number of aryl methyl sites for hydroxylation is 1. The molecule has 130 valence electrons. The third kappa shape index (κ3) is 2.78. The van der Waals surface area contributed by atoms with Crippen LogP contribution >= 0.6 is 11.6 Å². The van der Waals surface area contributed by atoms with Crippen LogP contribution in [0.1, 0.15) is 16.2 Å². The second-order valence-corrected chi connectivity index (χ2v) is 6.02. The minimum Gasteiger partial charge on any atom is -0.508 e. The van der Waals surface area contributed by atoms with Gasteiger partial charge >= 0.3 is 5.84 Å². The smallest absolute Gasteiger partial charge is 0.325 e. The van der Waals surface area contributed by atoms with Crippen LogP contribution in [-0.2, 0) is 0 Å². The molecule has 0 saturated heterocycles. The van der Waals surface area contributed by atoms with Crippen LogP contribution in [0.5, 0.6) is 5.75 Å². The van der Waals surface area contributed by atoms with E-state index in [9.17, 15) is 9.90 Å². The highest BCUT2D eigenvalue weighted by Gasteiger charge is 2.22. The molecule has 0 bridgehead atoms. The third-order valence-electron chi connectivity index (χ3n) is 3.82. The van der Waals surface area contributed by atoms with Crippen molar-refractivity contribution in [2.75, 3.05) is 5.32 Å². The highest BCUT2D eigenvalue weighted by Crippen LogP contribution is 2.27. The number of fused-ring (bicyclic) bond motifs is 1. The van der Waals surface area contributed by atoms with Gasteiger partial charge in [0.15, 0.2) is 11.5 Å². The number of hydrogen-bond donors (Lipinski definition) is 2. The topological polar surface area (TPSA) is 92.7 Å². The Morgan fingerprint density at radius 3 is 2.65 bits per heavy atom. The fourth-order valence-electron chi connectivity index (χ4n) is 2.59. The van der Waals surface area contributed by atoms with Crippen LogP contribution < -0.4 is 5.32 Å². The van der Waals surface area contributed by atoms with Gasteiger partial charge in [-0.05, 0) is 43.3 Å². The fourth-order valence-corrected chi connectivity index (χ4v) is 2.81. The van der Waals surface area contributed by atoms with Crippen LogP contribution in [0.3, 0.4) is 0 Å². The van der Waals surface area contributed by atoms with Gasteiger partial charge in [-0.1, -0.05) is 23.7 Å². The molecule has 2 aromatic heterocycles. The minimum absolute atomic E-state index is 0.116. The van der Waals surface area contributed by atoms with E-state index in [2.05, 4.69) is 15.4 Å². The van der Waals surface area contributed by atoms with E-state index in [0.717, 1.165) is 0 Å². The Hall–Kier alpha value is -3.32. The molecular formula is C18H13ClN4O3. The molecule has 0 radical (unpaired) electrons. The summed E-state index contributed by atoms with van der Waals surface area (Å²) in [4.78, 5) is 17.0. The lowest BCUT2D eigenvalue weighted by Gasteiger charge is -2.04. The molecule has 0 aliphatic rings. The molecule has 2 heterocycles. The molecular weight excluding hydrogens is 356 g/mol. The first kappa shape index (κ1) is 16.2. The van der Waals surface area contributed by atoms with E-state index >= 15 is 0 Å². The average molecular weight is 369 g/mol. The number of oxazole rings is 1. The molecule has 8 heteroatoms. The van der Waals surface area contributed by atoms with E-state index in [4.69, 9.17) is 16.0 Å². The lowest BCUT2D eigenvalue weighted by Crippen LogP contribution is -2.15. The number of aromatic nitrogens is 3. The number of phenolic OH excluding ortho intramolecular Hbond substituents is 1. The fraction of sp³-hybridized carbons (Fsp3) is 0.0556. The zero-order valence-corrected chi connectivity index (χ0v) is 14.4. The SMILES string of the molecule is Cc1oc2nc(-c3ccccc3Cl)nn2c1C(=O)Nc1ccc(O)cc1. The van der Waals surface area contributed by atoms with Crippen molar-refractivity contribution >= 4 is 29.0 Å². The molecule has 2 N–H and O–H groups in total. The van der Waals surface area contributed by atoms with Crippen molar-refractivity contribution in [3.63, 3.8) is 0 Å². The van der Waals surface area contributed by atoms with Gasteiger partial charge in [-0.15, -0.1) is 5.10 Å². The van der Waals surface area contributed by atoms with E-state index in [-0.39, 0.29) is 17.3 Å². The van der Waals surface area contributed by atoms with Crippen molar-refractivity contribution in [1.82, 2.24) is 14.6 Å². The number of benzene rings is 2. The molecule has 0 unspecified atom stereocenters. The molecule has 0 saturated carbocycles. The van der Waals surface area contributed by atoms with Crippen molar-refractivity contribution in [1.29, 1.82) is 0 Å².